The maximum atomic E-state index is 12.6. The Morgan fingerprint density at radius 1 is 1.73 bits per heavy atom. The first-order chi connectivity index (χ1) is 5.25. The minimum atomic E-state index is -0.761. The Morgan fingerprint density at radius 2 is 2.45 bits per heavy atom. The Morgan fingerprint density at radius 3 is 3.00 bits per heavy atom. The zero-order chi connectivity index (χ0) is 8.27. The number of aromatic nitrogens is 1. The quantitative estimate of drug-likeness (QED) is 0.494. The van der Waals surface area contributed by atoms with E-state index in [9.17, 15) is 9.18 Å². The number of rotatable bonds is 2. The molecule has 0 aliphatic heterocycles. The van der Waals surface area contributed by atoms with Gasteiger partial charge in [-0.1, -0.05) is 0 Å². The third-order valence-electron chi connectivity index (χ3n) is 1.24. The van der Waals surface area contributed by atoms with E-state index in [1.165, 1.54) is 18.3 Å². The normalized spacial score (nSPS) is 9.64. The predicted molar refractivity (Wildman–Crippen MR) is 37.6 cm³/mol. The molecule has 0 aliphatic carbocycles. The van der Waals surface area contributed by atoms with E-state index in [2.05, 4.69) is 4.98 Å². The van der Waals surface area contributed by atoms with E-state index < -0.39 is 11.7 Å². The van der Waals surface area contributed by atoms with Crippen LogP contribution in [0.4, 0.5) is 4.39 Å². The fourth-order valence-electron chi connectivity index (χ4n) is 0.704. The number of ketones is 1. The largest absolute Gasteiger partial charge is 0.324 e. The smallest absolute Gasteiger partial charge is 0.223 e. The number of halogens is 1. The molecule has 0 saturated carbocycles. The average Bonchev–Trinajstić information content (AvgIpc) is 2.04. The van der Waals surface area contributed by atoms with Crippen LogP contribution in [0.5, 0.6) is 0 Å². The van der Waals surface area contributed by atoms with Gasteiger partial charge in [-0.05, 0) is 12.1 Å². The summed E-state index contributed by atoms with van der Waals surface area (Å²) < 4.78 is 12.6. The van der Waals surface area contributed by atoms with Crippen molar-refractivity contribution in [2.24, 2.45) is 5.73 Å². The van der Waals surface area contributed by atoms with Gasteiger partial charge in [0.1, 0.15) is 0 Å². The lowest BCUT2D eigenvalue weighted by atomic mass is 10.2. The van der Waals surface area contributed by atoms with E-state index in [0.29, 0.717) is 0 Å². The highest BCUT2D eigenvalue weighted by molar-refractivity contribution is 5.97. The zero-order valence-corrected chi connectivity index (χ0v) is 5.75. The lowest BCUT2D eigenvalue weighted by Crippen LogP contribution is -2.15. The summed E-state index contributed by atoms with van der Waals surface area (Å²) in [6.07, 6.45) is 1.28. The number of hydrogen-bond donors (Lipinski definition) is 1. The summed E-state index contributed by atoms with van der Waals surface area (Å²) >= 11 is 0. The molecule has 0 amide bonds. The second kappa shape index (κ2) is 3.21. The summed E-state index contributed by atoms with van der Waals surface area (Å²) in [5, 5.41) is 0. The molecule has 1 rings (SSSR count). The van der Waals surface area contributed by atoms with Gasteiger partial charge in [-0.2, -0.15) is 4.39 Å². The second-order valence-electron chi connectivity index (χ2n) is 1.97. The van der Waals surface area contributed by atoms with Crippen molar-refractivity contribution in [3.05, 3.63) is 29.8 Å². The molecule has 0 spiro atoms. The Balaban J connectivity index is 3.03. The minimum Gasteiger partial charge on any atom is -0.324 e. The highest BCUT2D eigenvalue weighted by Gasteiger charge is 2.08. The zero-order valence-electron chi connectivity index (χ0n) is 5.75. The van der Waals surface area contributed by atoms with Gasteiger partial charge in [0.25, 0.3) is 0 Å². The fourth-order valence-corrected chi connectivity index (χ4v) is 0.704. The van der Waals surface area contributed by atoms with Crippen LogP contribution < -0.4 is 5.73 Å². The van der Waals surface area contributed by atoms with E-state index in [4.69, 9.17) is 5.73 Å². The van der Waals surface area contributed by atoms with Gasteiger partial charge in [0, 0.05) is 6.20 Å². The van der Waals surface area contributed by atoms with Gasteiger partial charge in [0.05, 0.1) is 12.1 Å². The summed E-state index contributed by atoms with van der Waals surface area (Å²) in [5.74, 6) is -1.20. The summed E-state index contributed by atoms with van der Waals surface area (Å²) in [5.41, 5.74) is 4.98. The lowest BCUT2D eigenvalue weighted by Gasteiger charge is -1.96. The predicted octanol–water partition coefficient (Wildman–Crippen LogP) is 0.362. The number of pyridine rings is 1. The van der Waals surface area contributed by atoms with E-state index in [1.54, 1.807) is 0 Å². The summed E-state index contributed by atoms with van der Waals surface area (Å²) in [6.45, 7) is -0.192. The third-order valence-corrected chi connectivity index (χ3v) is 1.24. The van der Waals surface area contributed by atoms with Gasteiger partial charge in [-0.3, -0.25) is 4.79 Å². The standard InChI is InChI=1S/C7H7FN2O/c8-7-5(6(11)4-9)2-1-3-10-7/h1-3H,4,9H2. The molecule has 3 nitrogen and oxygen atoms in total. The molecule has 11 heavy (non-hydrogen) atoms. The maximum absolute atomic E-state index is 12.6. The van der Waals surface area contributed by atoms with Crippen molar-refractivity contribution in [3.63, 3.8) is 0 Å². The van der Waals surface area contributed by atoms with Crippen LogP contribution >= 0.6 is 0 Å². The summed E-state index contributed by atoms with van der Waals surface area (Å²) in [7, 11) is 0. The van der Waals surface area contributed by atoms with E-state index in [-0.39, 0.29) is 12.1 Å². The first-order valence-electron chi connectivity index (χ1n) is 3.09. The van der Waals surface area contributed by atoms with Crippen molar-refractivity contribution < 1.29 is 9.18 Å². The van der Waals surface area contributed by atoms with Gasteiger partial charge in [0.2, 0.25) is 5.95 Å². The Kier molecular flexibility index (Phi) is 2.28. The highest BCUT2D eigenvalue weighted by Crippen LogP contribution is 2.02. The van der Waals surface area contributed by atoms with E-state index in [0.717, 1.165) is 0 Å². The molecular formula is C7H7FN2O. The van der Waals surface area contributed by atoms with E-state index in [1.807, 2.05) is 0 Å². The highest BCUT2D eigenvalue weighted by atomic mass is 19.1. The number of hydrogen-bond acceptors (Lipinski definition) is 3. The van der Waals surface area contributed by atoms with Crippen molar-refractivity contribution in [2.75, 3.05) is 6.54 Å². The van der Waals surface area contributed by atoms with Crippen LogP contribution in [0.15, 0.2) is 18.3 Å². The van der Waals surface area contributed by atoms with Gasteiger partial charge in [0.15, 0.2) is 5.78 Å². The molecule has 58 valence electrons. The molecule has 0 fully saturated rings. The van der Waals surface area contributed by atoms with E-state index >= 15 is 0 Å². The number of nitrogens with zero attached hydrogens (tertiary/aromatic N) is 1. The molecule has 0 aromatic carbocycles. The van der Waals surface area contributed by atoms with Crippen LogP contribution in [-0.4, -0.2) is 17.3 Å². The van der Waals surface area contributed by atoms with Gasteiger partial charge >= 0.3 is 0 Å². The Bertz CT molecular complexity index is 275. The van der Waals surface area contributed by atoms with Crippen molar-refractivity contribution >= 4 is 5.78 Å². The lowest BCUT2D eigenvalue weighted by molar-refractivity contribution is 0.0996. The minimum absolute atomic E-state index is 0.0463. The second-order valence-corrected chi connectivity index (χ2v) is 1.97. The summed E-state index contributed by atoms with van der Waals surface area (Å²) in [4.78, 5) is 14.1. The topological polar surface area (TPSA) is 56.0 Å². The molecular weight excluding hydrogens is 147 g/mol. The molecule has 0 aliphatic rings. The molecule has 1 aromatic rings. The van der Waals surface area contributed by atoms with Gasteiger partial charge < -0.3 is 5.73 Å². The van der Waals surface area contributed by atoms with Gasteiger partial charge in [-0.25, -0.2) is 4.98 Å². The first kappa shape index (κ1) is 7.81. The van der Waals surface area contributed by atoms with Crippen molar-refractivity contribution in [2.45, 2.75) is 0 Å². The number of carbonyl (C=O) groups is 1. The third kappa shape index (κ3) is 1.59. The molecule has 2 N–H and O–H groups in total. The van der Waals surface area contributed by atoms with Crippen LogP contribution in [0, 0.1) is 5.95 Å². The molecule has 4 heteroatoms. The molecule has 1 heterocycles. The molecule has 0 radical (unpaired) electrons. The molecule has 0 unspecified atom stereocenters. The van der Waals surface area contributed by atoms with Gasteiger partial charge in [-0.15, -0.1) is 0 Å². The van der Waals surface area contributed by atoms with Crippen LogP contribution in [-0.2, 0) is 0 Å². The Labute approximate surface area is 63.0 Å². The van der Waals surface area contributed by atoms with Crippen LogP contribution in [0.1, 0.15) is 10.4 Å². The SMILES string of the molecule is NCC(=O)c1cccnc1F. The van der Waals surface area contributed by atoms with Crippen LogP contribution in [0.25, 0.3) is 0 Å². The van der Waals surface area contributed by atoms with Crippen LogP contribution in [0.3, 0.4) is 0 Å². The maximum Gasteiger partial charge on any atom is 0.223 e. The molecule has 0 atom stereocenters. The number of carbonyl (C=O) groups excluding carboxylic acids is 1. The average molecular weight is 154 g/mol. The monoisotopic (exact) mass is 154 g/mol. The van der Waals surface area contributed by atoms with Crippen molar-refractivity contribution in [1.82, 2.24) is 4.98 Å². The van der Waals surface area contributed by atoms with Crippen LogP contribution in [0.2, 0.25) is 0 Å². The van der Waals surface area contributed by atoms with Crippen molar-refractivity contribution in [3.8, 4) is 0 Å². The summed E-state index contributed by atoms with van der Waals surface area (Å²) in [6, 6.07) is 2.85. The fraction of sp³-hybridized carbons (Fsp3) is 0.143. The number of Topliss-reactive ketones (excluding diaryl/α,β-unsaturated/α-hetero) is 1. The molecule has 1 aromatic heterocycles. The first-order valence-corrected chi connectivity index (χ1v) is 3.09. The number of nitrogens with two attached hydrogens (primary N) is 1. The Hall–Kier alpha value is -1.29. The van der Waals surface area contributed by atoms with Crippen molar-refractivity contribution in [1.29, 1.82) is 0 Å². The molecule has 0 saturated heterocycles. The molecule has 0 bridgehead atoms.